The van der Waals surface area contributed by atoms with Crippen LogP contribution >= 0.6 is 0 Å². The molecule has 5 heteroatoms. The van der Waals surface area contributed by atoms with Gasteiger partial charge < -0.3 is 10.6 Å². The Bertz CT molecular complexity index is 377. The van der Waals surface area contributed by atoms with E-state index in [1.807, 2.05) is 27.7 Å². The lowest BCUT2D eigenvalue weighted by atomic mass is 10.2. The molecule has 100 valence electrons. The third-order valence-corrected chi connectivity index (χ3v) is 2.82. The van der Waals surface area contributed by atoms with Gasteiger partial charge in [0.15, 0.2) is 0 Å². The van der Waals surface area contributed by atoms with Gasteiger partial charge in [-0.3, -0.25) is 14.8 Å². The molecule has 1 heterocycles. The maximum Gasteiger partial charge on any atom is 0.237 e. The molecule has 2 atom stereocenters. The van der Waals surface area contributed by atoms with Gasteiger partial charge in [-0.25, -0.2) is 0 Å². The highest BCUT2D eigenvalue weighted by Gasteiger charge is 2.13. The van der Waals surface area contributed by atoms with Crippen molar-refractivity contribution in [1.82, 2.24) is 20.6 Å². The third-order valence-electron chi connectivity index (χ3n) is 2.82. The van der Waals surface area contributed by atoms with Crippen molar-refractivity contribution in [2.75, 3.05) is 0 Å². The number of nitrogens with one attached hydrogen (secondary N) is 2. The molecule has 0 saturated carbocycles. The van der Waals surface area contributed by atoms with Crippen LogP contribution in [0.25, 0.3) is 0 Å². The average Bonchev–Trinajstić information content (AvgIpc) is 2.37. The molecule has 1 rings (SSSR count). The second kappa shape index (κ2) is 7.06. The molecule has 1 aromatic rings. The monoisotopic (exact) mass is 250 g/mol. The fraction of sp³-hybridized carbons (Fsp3) is 0.615. The standard InChI is InChI=1S/C13H22N4O/c1-5-9(2)17-13(18)11(4)15-8-12-7-14-10(3)6-16-12/h6-7,9,11,15H,5,8H2,1-4H3,(H,17,18). The van der Waals surface area contributed by atoms with Crippen molar-refractivity contribution in [2.24, 2.45) is 0 Å². The predicted molar refractivity (Wildman–Crippen MR) is 71.0 cm³/mol. The number of hydrogen-bond donors (Lipinski definition) is 2. The zero-order valence-corrected chi connectivity index (χ0v) is 11.5. The zero-order valence-electron chi connectivity index (χ0n) is 11.5. The van der Waals surface area contributed by atoms with E-state index in [2.05, 4.69) is 20.6 Å². The Kier molecular flexibility index (Phi) is 5.71. The van der Waals surface area contributed by atoms with Gasteiger partial charge in [-0.05, 0) is 27.2 Å². The number of nitrogens with zero attached hydrogens (tertiary/aromatic N) is 2. The van der Waals surface area contributed by atoms with E-state index in [1.165, 1.54) is 0 Å². The van der Waals surface area contributed by atoms with Gasteiger partial charge in [0.05, 0.1) is 17.4 Å². The SMILES string of the molecule is CCC(C)NC(=O)C(C)NCc1cnc(C)cn1. The molecule has 0 aliphatic carbocycles. The number of carbonyl (C=O) groups is 1. The summed E-state index contributed by atoms with van der Waals surface area (Å²) < 4.78 is 0. The van der Waals surface area contributed by atoms with E-state index in [-0.39, 0.29) is 18.0 Å². The summed E-state index contributed by atoms with van der Waals surface area (Å²) in [6.45, 7) is 8.33. The second-order valence-electron chi connectivity index (χ2n) is 4.57. The van der Waals surface area contributed by atoms with Crippen molar-refractivity contribution in [2.45, 2.75) is 52.7 Å². The number of rotatable bonds is 6. The molecule has 0 aliphatic heterocycles. The lowest BCUT2D eigenvalue weighted by molar-refractivity contribution is -0.123. The van der Waals surface area contributed by atoms with Gasteiger partial charge >= 0.3 is 0 Å². The molecule has 2 unspecified atom stereocenters. The van der Waals surface area contributed by atoms with E-state index >= 15 is 0 Å². The minimum absolute atomic E-state index is 0.0180. The van der Waals surface area contributed by atoms with E-state index in [0.29, 0.717) is 6.54 Å². The highest BCUT2D eigenvalue weighted by molar-refractivity contribution is 5.81. The van der Waals surface area contributed by atoms with Gasteiger partial charge in [-0.2, -0.15) is 0 Å². The molecular formula is C13H22N4O. The van der Waals surface area contributed by atoms with Crippen molar-refractivity contribution in [3.8, 4) is 0 Å². The Balaban J connectivity index is 2.38. The molecule has 1 aromatic heterocycles. The Morgan fingerprint density at radius 1 is 1.33 bits per heavy atom. The number of aromatic nitrogens is 2. The van der Waals surface area contributed by atoms with E-state index in [1.54, 1.807) is 12.4 Å². The van der Waals surface area contributed by atoms with E-state index in [9.17, 15) is 4.79 Å². The number of hydrogen-bond acceptors (Lipinski definition) is 4. The van der Waals surface area contributed by atoms with Gasteiger partial charge in [-0.15, -0.1) is 0 Å². The first-order valence-electron chi connectivity index (χ1n) is 6.34. The molecular weight excluding hydrogens is 228 g/mol. The van der Waals surface area contributed by atoms with Crippen LogP contribution in [-0.4, -0.2) is 28.0 Å². The minimum atomic E-state index is -0.234. The number of carbonyl (C=O) groups excluding carboxylic acids is 1. The molecule has 0 saturated heterocycles. The van der Waals surface area contributed by atoms with Crippen LogP contribution in [0.4, 0.5) is 0 Å². The van der Waals surface area contributed by atoms with Crippen molar-refractivity contribution in [3.63, 3.8) is 0 Å². The predicted octanol–water partition coefficient (Wildman–Crippen LogP) is 1.18. The van der Waals surface area contributed by atoms with Crippen LogP contribution in [0.2, 0.25) is 0 Å². The maximum atomic E-state index is 11.8. The first-order chi connectivity index (χ1) is 8.52. The largest absolute Gasteiger partial charge is 0.352 e. The minimum Gasteiger partial charge on any atom is -0.352 e. The zero-order chi connectivity index (χ0) is 13.5. The highest BCUT2D eigenvalue weighted by Crippen LogP contribution is 1.95. The molecule has 0 radical (unpaired) electrons. The van der Waals surface area contributed by atoms with Gasteiger partial charge in [0.1, 0.15) is 0 Å². The Labute approximate surface area is 108 Å². The van der Waals surface area contributed by atoms with Crippen LogP contribution < -0.4 is 10.6 Å². The summed E-state index contributed by atoms with van der Waals surface area (Å²) in [5.41, 5.74) is 1.73. The van der Waals surface area contributed by atoms with Crippen LogP contribution in [0.15, 0.2) is 12.4 Å². The average molecular weight is 250 g/mol. The molecule has 0 aliphatic rings. The Hall–Kier alpha value is -1.49. The summed E-state index contributed by atoms with van der Waals surface area (Å²) >= 11 is 0. The molecule has 2 N–H and O–H groups in total. The van der Waals surface area contributed by atoms with Crippen LogP contribution in [0.3, 0.4) is 0 Å². The Morgan fingerprint density at radius 3 is 2.61 bits per heavy atom. The van der Waals surface area contributed by atoms with Crippen LogP contribution in [0, 0.1) is 6.92 Å². The normalized spacial score (nSPS) is 14.0. The van der Waals surface area contributed by atoms with Gasteiger partial charge in [-0.1, -0.05) is 6.92 Å². The lowest BCUT2D eigenvalue weighted by Gasteiger charge is -2.17. The smallest absolute Gasteiger partial charge is 0.237 e. The summed E-state index contributed by atoms with van der Waals surface area (Å²) in [5, 5.41) is 6.07. The van der Waals surface area contributed by atoms with Gasteiger partial charge in [0, 0.05) is 25.0 Å². The van der Waals surface area contributed by atoms with E-state index in [4.69, 9.17) is 0 Å². The highest BCUT2D eigenvalue weighted by atomic mass is 16.2. The number of aryl methyl sites for hydroxylation is 1. The lowest BCUT2D eigenvalue weighted by Crippen LogP contribution is -2.45. The molecule has 0 bridgehead atoms. The van der Waals surface area contributed by atoms with Crippen LogP contribution in [-0.2, 0) is 11.3 Å². The summed E-state index contributed by atoms with van der Waals surface area (Å²) in [6.07, 6.45) is 4.38. The molecule has 5 nitrogen and oxygen atoms in total. The molecule has 0 aromatic carbocycles. The fourth-order valence-corrected chi connectivity index (χ4v) is 1.33. The Morgan fingerprint density at radius 2 is 2.06 bits per heavy atom. The van der Waals surface area contributed by atoms with E-state index < -0.39 is 0 Å². The molecule has 0 spiro atoms. The summed E-state index contributed by atoms with van der Waals surface area (Å²) in [6, 6.07) is -0.0250. The number of amides is 1. The third kappa shape index (κ3) is 4.79. The fourth-order valence-electron chi connectivity index (χ4n) is 1.33. The van der Waals surface area contributed by atoms with Crippen LogP contribution in [0.1, 0.15) is 38.6 Å². The first kappa shape index (κ1) is 14.6. The van der Waals surface area contributed by atoms with E-state index in [0.717, 1.165) is 17.8 Å². The quantitative estimate of drug-likeness (QED) is 0.795. The van der Waals surface area contributed by atoms with Crippen molar-refractivity contribution >= 4 is 5.91 Å². The summed E-state index contributed by atoms with van der Waals surface area (Å²) in [7, 11) is 0. The summed E-state index contributed by atoms with van der Waals surface area (Å²) in [5.74, 6) is 0.0180. The first-order valence-corrected chi connectivity index (χ1v) is 6.34. The topological polar surface area (TPSA) is 66.9 Å². The summed E-state index contributed by atoms with van der Waals surface area (Å²) in [4.78, 5) is 20.2. The maximum absolute atomic E-state index is 11.8. The van der Waals surface area contributed by atoms with Crippen molar-refractivity contribution in [3.05, 3.63) is 23.8 Å². The van der Waals surface area contributed by atoms with Gasteiger partial charge in [0.2, 0.25) is 5.91 Å². The second-order valence-corrected chi connectivity index (χ2v) is 4.57. The van der Waals surface area contributed by atoms with Gasteiger partial charge in [0.25, 0.3) is 0 Å². The van der Waals surface area contributed by atoms with Crippen molar-refractivity contribution in [1.29, 1.82) is 0 Å². The van der Waals surface area contributed by atoms with Crippen molar-refractivity contribution < 1.29 is 4.79 Å². The molecule has 18 heavy (non-hydrogen) atoms. The molecule has 1 amide bonds. The van der Waals surface area contributed by atoms with Crippen LogP contribution in [0.5, 0.6) is 0 Å². The molecule has 0 fully saturated rings.